The highest BCUT2D eigenvalue weighted by atomic mass is 16.2. The van der Waals surface area contributed by atoms with Crippen LogP contribution in [0.4, 0.5) is 5.95 Å². The summed E-state index contributed by atoms with van der Waals surface area (Å²) in [6.07, 6.45) is 5.83. The number of carbonyl (C=O) groups excluding carboxylic acids is 1. The van der Waals surface area contributed by atoms with E-state index in [1.165, 1.54) is 18.4 Å². The van der Waals surface area contributed by atoms with E-state index in [4.69, 9.17) is 5.10 Å². The van der Waals surface area contributed by atoms with Gasteiger partial charge in [-0.3, -0.25) is 4.79 Å². The van der Waals surface area contributed by atoms with Crippen molar-refractivity contribution < 1.29 is 4.79 Å². The lowest BCUT2D eigenvalue weighted by Crippen LogP contribution is -2.49. The number of aromatic nitrogens is 4. The smallest absolute Gasteiger partial charge is 0.274 e. The molecular weight excluding hydrogens is 364 g/mol. The van der Waals surface area contributed by atoms with Crippen molar-refractivity contribution in [1.29, 1.82) is 0 Å². The molecule has 1 saturated heterocycles. The maximum absolute atomic E-state index is 13.2. The lowest BCUT2D eigenvalue weighted by Gasteiger charge is -2.34. The van der Waals surface area contributed by atoms with Crippen LogP contribution in [0, 0.1) is 6.92 Å². The predicted octanol–water partition coefficient (Wildman–Crippen LogP) is 2.81. The molecule has 5 rings (SSSR count). The Bertz CT molecular complexity index is 1020. The molecule has 7 nitrogen and oxygen atoms in total. The molecule has 1 aliphatic heterocycles. The minimum atomic E-state index is 0.00642. The van der Waals surface area contributed by atoms with Crippen LogP contribution in [0.25, 0.3) is 5.69 Å². The maximum atomic E-state index is 13.2. The quantitative estimate of drug-likeness (QED) is 0.688. The lowest BCUT2D eigenvalue weighted by atomic mass is 10.2. The molecule has 2 aromatic heterocycles. The van der Waals surface area contributed by atoms with Gasteiger partial charge in [0.25, 0.3) is 5.91 Å². The standard InChI is InChI=1S/C22H24N6O/c1-16-4-2-5-18(14-16)28-20(17-6-7-17)15-19(25-28)21(29)26-10-12-27(13-11-26)22-23-8-3-9-24-22/h2-5,8-9,14-15,17H,6-7,10-13H2,1H3. The van der Waals surface area contributed by atoms with Crippen LogP contribution in [0.15, 0.2) is 48.8 Å². The highest BCUT2D eigenvalue weighted by Crippen LogP contribution is 2.41. The van der Waals surface area contributed by atoms with E-state index in [2.05, 4.69) is 40.0 Å². The Balaban J connectivity index is 1.35. The lowest BCUT2D eigenvalue weighted by molar-refractivity contribution is 0.0740. The van der Waals surface area contributed by atoms with Gasteiger partial charge in [-0.2, -0.15) is 5.10 Å². The van der Waals surface area contributed by atoms with Crippen molar-refractivity contribution in [3.8, 4) is 5.69 Å². The second kappa shape index (κ2) is 7.31. The summed E-state index contributed by atoms with van der Waals surface area (Å²) in [7, 11) is 0. The summed E-state index contributed by atoms with van der Waals surface area (Å²) < 4.78 is 1.96. The van der Waals surface area contributed by atoms with Gasteiger partial charge < -0.3 is 9.80 Å². The third-order valence-corrected chi connectivity index (χ3v) is 5.60. The SMILES string of the molecule is Cc1cccc(-n2nc(C(=O)N3CCN(c4ncccn4)CC3)cc2C2CC2)c1. The van der Waals surface area contributed by atoms with Gasteiger partial charge in [-0.1, -0.05) is 12.1 Å². The third-order valence-electron chi connectivity index (χ3n) is 5.60. The van der Waals surface area contributed by atoms with Crippen molar-refractivity contribution in [3.05, 3.63) is 65.7 Å². The van der Waals surface area contributed by atoms with Gasteiger partial charge in [-0.25, -0.2) is 14.6 Å². The molecule has 0 bridgehead atoms. The first-order chi connectivity index (χ1) is 14.2. The van der Waals surface area contributed by atoms with Gasteiger partial charge in [0.05, 0.1) is 5.69 Å². The number of rotatable bonds is 4. The molecule has 1 aromatic carbocycles. The molecule has 0 unspecified atom stereocenters. The summed E-state index contributed by atoms with van der Waals surface area (Å²) in [6.45, 7) is 4.82. The fourth-order valence-electron chi connectivity index (χ4n) is 3.86. The minimum Gasteiger partial charge on any atom is -0.337 e. The minimum absolute atomic E-state index is 0.00642. The summed E-state index contributed by atoms with van der Waals surface area (Å²) in [5.41, 5.74) is 3.90. The highest BCUT2D eigenvalue weighted by molar-refractivity contribution is 5.92. The molecule has 1 aliphatic carbocycles. The normalized spacial score (nSPS) is 16.9. The van der Waals surface area contributed by atoms with Gasteiger partial charge in [-0.05, 0) is 49.6 Å². The van der Waals surface area contributed by atoms with Gasteiger partial charge in [0.2, 0.25) is 5.95 Å². The van der Waals surface area contributed by atoms with Gasteiger partial charge in [-0.15, -0.1) is 0 Å². The molecule has 3 heterocycles. The molecule has 2 aliphatic rings. The number of hydrogen-bond donors (Lipinski definition) is 0. The zero-order valence-electron chi connectivity index (χ0n) is 16.5. The summed E-state index contributed by atoms with van der Waals surface area (Å²) in [4.78, 5) is 25.8. The van der Waals surface area contributed by atoms with Crippen molar-refractivity contribution >= 4 is 11.9 Å². The number of anilines is 1. The first-order valence-corrected chi connectivity index (χ1v) is 10.2. The highest BCUT2D eigenvalue weighted by Gasteiger charge is 2.31. The fraction of sp³-hybridized carbons (Fsp3) is 0.364. The molecule has 2 fully saturated rings. The maximum Gasteiger partial charge on any atom is 0.274 e. The van der Waals surface area contributed by atoms with Gasteiger partial charge in [0.1, 0.15) is 0 Å². The molecule has 1 amide bonds. The second-order valence-corrected chi connectivity index (χ2v) is 7.81. The molecule has 7 heteroatoms. The molecular formula is C22H24N6O. The summed E-state index contributed by atoms with van der Waals surface area (Å²) in [5.74, 6) is 1.24. The van der Waals surface area contributed by atoms with Gasteiger partial charge in [0.15, 0.2) is 5.69 Å². The molecule has 29 heavy (non-hydrogen) atoms. The monoisotopic (exact) mass is 388 g/mol. The predicted molar refractivity (Wildman–Crippen MR) is 110 cm³/mol. The Morgan fingerprint density at radius 1 is 1.00 bits per heavy atom. The molecule has 0 atom stereocenters. The van der Waals surface area contributed by atoms with Crippen molar-refractivity contribution in [2.24, 2.45) is 0 Å². The molecule has 0 spiro atoms. The van der Waals surface area contributed by atoms with Crippen molar-refractivity contribution in [3.63, 3.8) is 0 Å². The first kappa shape index (κ1) is 17.8. The van der Waals surface area contributed by atoms with E-state index in [0.717, 1.165) is 30.4 Å². The number of aryl methyl sites for hydroxylation is 1. The first-order valence-electron chi connectivity index (χ1n) is 10.2. The number of nitrogens with zero attached hydrogens (tertiary/aromatic N) is 6. The Kier molecular flexibility index (Phi) is 4.50. The summed E-state index contributed by atoms with van der Waals surface area (Å²) in [6, 6.07) is 12.1. The Hall–Kier alpha value is -3.22. The van der Waals surface area contributed by atoms with E-state index in [1.54, 1.807) is 12.4 Å². The number of benzene rings is 1. The van der Waals surface area contributed by atoms with E-state index >= 15 is 0 Å². The number of hydrogen-bond acceptors (Lipinski definition) is 5. The molecule has 1 saturated carbocycles. The number of amides is 1. The van der Waals surface area contributed by atoms with E-state index in [-0.39, 0.29) is 5.91 Å². The molecule has 148 valence electrons. The van der Waals surface area contributed by atoms with Gasteiger partial charge in [0, 0.05) is 50.2 Å². The Labute approximate surface area is 170 Å². The van der Waals surface area contributed by atoms with Crippen molar-refractivity contribution in [1.82, 2.24) is 24.6 Å². The topological polar surface area (TPSA) is 67.2 Å². The van der Waals surface area contributed by atoms with Crippen molar-refractivity contribution in [2.45, 2.75) is 25.7 Å². The number of piperazine rings is 1. The van der Waals surface area contributed by atoms with Crippen LogP contribution in [0.1, 0.15) is 40.5 Å². The second-order valence-electron chi connectivity index (χ2n) is 7.81. The molecule has 0 radical (unpaired) electrons. The average Bonchev–Trinajstić information content (AvgIpc) is 3.52. The van der Waals surface area contributed by atoms with Crippen LogP contribution >= 0.6 is 0 Å². The van der Waals surface area contributed by atoms with Gasteiger partial charge >= 0.3 is 0 Å². The average molecular weight is 388 g/mol. The van der Waals surface area contributed by atoms with E-state index < -0.39 is 0 Å². The van der Waals surface area contributed by atoms with E-state index in [0.29, 0.717) is 24.7 Å². The summed E-state index contributed by atoms with van der Waals surface area (Å²) in [5, 5.41) is 4.72. The molecule has 3 aromatic rings. The van der Waals surface area contributed by atoms with Crippen LogP contribution < -0.4 is 4.90 Å². The van der Waals surface area contributed by atoms with Crippen LogP contribution in [0.3, 0.4) is 0 Å². The fourth-order valence-corrected chi connectivity index (χ4v) is 3.86. The Morgan fingerprint density at radius 3 is 2.45 bits per heavy atom. The largest absolute Gasteiger partial charge is 0.337 e. The van der Waals surface area contributed by atoms with Crippen LogP contribution in [-0.2, 0) is 0 Å². The zero-order valence-corrected chi connectivity index (χ0v) is 16.5. The van der Waals surface area contributed by atoms with Crippen molar-refractivity contribution in [2.75, 3.05) is 31.1 Å². The summed E-state index contributed by atoms with van der Waals surface area (Å²) >= 11 is 0. The zero-order chi connectivity index (χ0) is 19.8. The number of carbonyl (C=O) groups is 1. The molecule has 0 N–H and O–H groups in total. The van der Waals surface area contributed by atoms with Crippen LogP contribution in [0.5, 0.6) is 0 Å². The third kappa shape index (κ3) is 3.60. The van der Waals surface area contributed by atoms with E-state index in [1.807, 2.05) is 27.8 Å². The van der Waals surface area contributed by atoms with E-state index in [9.17, 15) is 4.79 Å². The Morgan fingerprint density at radius 2 is 1.76 bits per heavy atom. The van der Waals surface area contributed by atoms with Crippen LogP contribution in [0.2, 0.25) is 0 Å². The van der Waals surface area contributed by atoms with Crippen LogP contribution in [-0.4, -0.2) is 56.7 Å².